The average molecular weight is 334 g/mol. The summed E-state index contributed by atoms with van der Waals surface area (Å²) < 4.78 is 15.5. The Morgan fingerprint density at radius 2 is 2.30 bits per heavy atom. The fourth-order valence-corrected chi connectivity index (χ4v) is 3.02. The van der Waals surface area contributed by atoms with E-state index < -0.39 is 0 Å². The van der Waals surface area contributed by atoms with Crippen LogP contribution >= 0.6 is 11.3 Å². The van der Waals surface area contributed by atoms with Crippen LogP contribution in [0.1, 0.15) is 5.82 Å². The number of anilines is 1. The van der Waals surface area contributed by atoms with Crippen molar-refractivity contribution >= 4 is 32.6 Å². The van der Waals surface area contributed by atoms with Gasteiger partial charge >= 0.3 is 0 Å². The minimum Gasteiger partial charge on any atom is -0.301 e. The third kappa shape index (κ3) is 3.69. The number of carbonyl (C=O) groups excluding carboxylic acids is 1. The molecule has 23 heavy (non-hydrogen) atoms. The van der Waals surface area contributed by atoms with Gasteiger partial charge in [-0.05, 0) is 25.2 Å². The van der Waals surface area contributed by atoms with Crippen molar-refractivity contribution in [3.05, 3.63) is 36.2 Å². The van der Waals surface area contributed by atoms with Crippen LogP contribution in [0.3, 0.4) is 0 Å². The molecule has 9 heteroatoms. The molecule has 2 aromatic heterocycles. The Bertz CT molecular complexity index is 845. The van der Waals surface area contributed by atoms with Gasteiger partial charge in [0.1, 0.15) is 18.0 Å². The molecule has 0 saturated heterocycles. The van der Waals surface area contributed by atoms with Crippen LogP contribution in [0.5, 0.6) is 0 Å². The zero-order chi connectivity index (χ0) is 16.4. The summed E-state index contributed by atoms with van der Waals surface area (Å²) in [5.41, 5.74) is 0.666. The van der Waals surface area contributed by atoms with Crippen molar-refractivity contribution in [3.8, 4) is 0 Å². The Morgan fingerprint density at radius 3 is 3.04 bits per heavy atom. The molecule has 1 N–H and O–H groups in total. The highest BCUT2D eigenvalue weighted by Gasteiger charge is 2.12. The van der Waals surface area contributed by atoms with Gasteiger partial charge in [0.15, 0.2) is 5.13 Å². The topological polar surface area (TPSA) is 75.9 Å². The quantitative estimate of drug-likeness (QED) is 0.767. The molecule has 0 spiro atoms. The number of fused-ring (bicyclic) bond motifs is 1. The average Bonchev–Trinajstić information content (AvgIpc) is 3.04. The smallest absolute Gasteiger partial charge is 0.240 e. The minimum absolute atomic E-state index is 0.186. The number of nitrogens with zero attached hydrogens (tertiary/aromatic N) is 5. The molecule has 7 nitrogen and oxygen atoms in total. The van der Waals surface area contributed by atoms with Gasteiger partial charge in [0.25, 0.3) is 0 Å². The lowest BCUT2D eigenvalue weighted by molar-refractivity contribution is -0.117. The van der Waals surface area contributed by atoms with Crippen molar-refractivity contribution in [2.24, 2.45) is 7.05 Å². The molecule has 120 valence electrons. The number of likely N-dealkylation sites (N-methyl/N-ethyl adjacent to an activating group) is 1. The first-order valence-corrected chi connectivity index (χ1v) is 7.70. The maximum atomic E-state index is 13.2. The van der Waals surface area contributed by atoms with E-state index in [0.717, 1.165) is 5.82 Å². The van der Waals surface area contributed by atoms with Crippen LogP contribution in [0.4, 0.5) is 9.52 Å². The van der Waals surface area contributed by atoms with Gasteiger partial charge in [0, 0.05) is 7.05 Å². The molecule has 0 aliphatic carbocycles. The molecular formula is C14H15FN6OS. The van der Waals surface area contributed by atoms with E-state index in [2.05, 4.69) is 20.4 Å². The highest BCUT2D eigenvalue weighted by atomic mass is 32.1. The van der Waals surface area contributed by atoms with E-state index >= 15 is 0 Å². The van der Waals surface area contributed by atoms with E-state index in [1.165, 1.54) is 29.8 Å². The number of aromatic nitrogens is 4. The number of nitrogens with one attached hydrogen (secondary N) is 1. The van der Waals surface area contributed by atoms with E-state index in [1.807, 2.05) is 11.9 Å². The third-order valence-corrected chi connectivity index (χ3v) is 4.16. The Kier molecular flexibility index (Phi) is 4.30. The molecule has 3 rings (SSSR count). The second kappa shape index (κ2) is 6.39. The van der Waals surface area contributed by atoms with Gasteiger partial charge in [-0.15, -0.1) is 0 Å². The molecule has 0 bridgehead atoms. The summed E-state index contributed by atoms with van der Waals surface area (Å²) in [5, 5.41) is 7.19. The summed E-state index contributed by atoms with van der Waals surface area (Å²) >= 11 is 1.25. The number of hydrogen-bond acceptors (Lipinski definition) is 6. The molecule has 0 saturated carbocycles. The first kappa shape index (κ1) is 15.5. The van der Waals surface area contributed by atoms with Crippen LogP contribution in [0, 0.1) is 5.82 Å². The highest BCUT2D eigenvalue weighted by Crippen LogP contribution is 2.26. The molecule has 0 aliphatic heterocycles. The van der Waals surface area contributed by atoms with Crippen LogP contribution in [0.15, 0.2) is 24.5 Å². The van der Waals surface area contributed by atoms with E-state index in [1.54, 1.807) is 17.8 Å². The number of benzene rings is 1. The second-order valence-electron chi connectivity index (χ2n) is 5.15. The number of hydrogen-bond donors (Lipinski definition) is 1. The standard InChI is InChI=1S/C14H15FN6OS/c1-20(6-12-16-8-17-21(12)2)7-13(22)19-14-18-10-4-3-9(15)5-11(10)23-14/h3-5,8H,6-7H2,1-2H3,(H,18,19,22). The second-order valence-corrected chi connectivity index (χ2v) is 6.18. The van der Waals surface area contributed by atoms with E-state index in [4.69, 9.17) is 0 Å². The number of carbonyl (C=O) groups is 1. The molecule has 0 fully saturated rings. The summed E-state index contributed by atoms with van der Waals surface area (Å²) in [6, 6.07) is 4.35. The van der Waals surface area contributed by atoms with Crippen molar-refractivity contribution in [2.75, 3.05) is 18.9 Å². The number of aryl methyl sites for hydroxylation is 1. The van der Waals surface area contributed by atoms with Crippen molar-refractivity contribution in [3.63, 3.8) is 0 Å². The third-order valence-electron chi connectivity index (χ3n) is 3.23. The van der Waals surface area contributed by atoms with Gasteiger partial charge < -0.3 is 5.32 Å². The normalized spacial score (nSPS) is 11.3. The SMILES string of the molecule is CN(CC(=O)Nc1nc2ccc(F)cc2s1)Cc1ncnn1C. The van der Waals surface area contributed by atoms with Crippen LogP contribution in [-0.4, -0.2) is 44.1 Å². The Labute approximate surface area is 135 Å². The summed E-state index contributed by atoms with van der Waals surface area (Å²) in [6.07, 6.45) is 1.48. The first-order valence-electron chi connectivity index (χ1n) is 6.88. The largest absolute Gasteiger partial charge is 0.301 e. The number of thiazole rings is 1. The van der Waals surface area contributed by atoms with E-state index in [-0.39, 0.29) is 18.3 Å². The molecule has 0 unspecified atom stereocenters. The molecule has 0 aliphatic rings. The number of halogens is 1. The highest BCUT2D eigenvalue weighted by molar-refractivity contribution is 7.22. The van der Waals surface area contributed by atoms with Gasteiger partial charge in [0.2, 0.25) is 5.91 Å². The monoisotopic (exact) mass is 334 g/mol. The summed E-state index contributed by atoms with van der Waals surface area (Å²) in [7, 11) is 3.62. The van der Waals surface area contributed by atoms with Crippen molar-refractivity contribution < 1.29 is 9.18 Å². The first-order chi connectivity index (χ1) is 11.0. The van der Waals surface area contributed by atoms with Crippen molar-refractivity contribution in [1.82, 2.24) is 24.6 Å². The fraction of sp³-hybridized carbons (Fsp3) is 0.286. The predicted molar refractivity (Wildman–Crippen MR) is 85.5 cm³/mol. The van der Waals surface area contributed by atoms with Gasteiger partial charge in [-0.1, -0.05) is 11.3 Å². The predicted octanol–water partition coefficient (Wildman–Crippen LogP) is 1.63. The molecule has 3 aromatic rings. The number of rotatable bonds is 5. The Balaban J connectivity index is 1.60. The van der Waals surface area contributed by atoms with Crippen LogP contribution in [0.25, 0.3) is 10.2 Å². The summed E-state index contributed by atoms with van der Waals surface area (Å²) in [6.45, 7) is 0.701. The Morgan fingerprint density at radius 1 is 1.48 bits per heavy atom. The van der Waals surface area contributed by atoms with Crippen LogP contribution < -0.4 is 5.32 Å². The lowest BCUT2D eigenvalue weighted by atomic mass is 10.3. The maximum Gasteiger partial charge on any atom is 0.240 e. The zero-order valence-electron chi connectivity index (χ0n) is 12.7. The molecule has 1 aromatic carbocycles. The van der Waals surface area contributed by atoms with Crippen molar-refractivity contribution in [2.45, 2.75) is 6.54 Å². The van der Waals surface area contributed by atoms with Crippen molar-refractivity contribution in [1.29, 1.82) is 0 Å². The molecule has 0 atom stereocenters. The Hall–Kier alpha value is -2.39. The van der Waals surface area contributed by atoms with Gasteiger partial charge in [-0.2, -0.15) is 5.10 Å². The van der Waals surface area contributed by atoms with Gasteiger partial charge in [-0.3, -0.25) is 14.4 Å². The summed E-state index contributed by atoms with van der Waals surface area (Å²) in [5.74, 6) is 0.271. The van der Waals surface area contributed by atoms with E-state index in [0.29, 0.717) is 21.9 Å². The molecule has 1 amide bonds. The zero-order valence-corrected chi connectivity index (χ0v) is 13.5. The van der Waals surface area contributed by atoms with Crippen LogP contribution in [0.2, 0.25) is 0 Å². The lowest BCUT2D eigenvalue weighted by Gasteiger charge is -2.14. The van der Waals surface area contributed by atoms with E-state index in [9.17, 15) is 9.18 Å². The molecule has 2 heterocycles. The van der Waals surface area contributed by atoms with Gasteiger partial charge in [0.05, 0.1) is 23.3 Å². The maximum absolute atomic E-state index is 13.2. The van der Waals surface area contributed by atoms with Gasteiger partial charge in [-0.25, -0.2) is 14.4 Å². The summed E-state index contributed by atoms with van der Waals surface area (Å²) in [4.78, 5) is 22.3. The number of amides is 1. The fourth-order valence-electron chi connectivity index (χ4n) is 2.12. The molecular weight excluding hydrogens is 319 g/mol. The lowest BCUT2D eigenvalue weighted by Crippen LogP contribution is -2.30. The van der Waals surface area contributed by atoms with Crippen LogP contribution in [-0.2, 0) is 18.4 Å². The molecule has 0 radical (unpaired) electrons. The minimum atomic E-state index is -0.317.